The molecule has 3 heterocycles. The van der Waals surface area contributed by atoms with Crippen molar-refractivity contribution in [3.63, 3.8) is 0 Å². The fourth-order valence-electron chi connectivity index (χ4n) is 3.19. The van der Waals surface area contributed by atoms with Gasteiger partial charge in [0.2, 0.25) is 0 Å². The molecule has 0 saturated carbocycles. The smallest absolute Gasteiger partial charge is 0.407 e. The maximum Gasteiger partial charge on any atom is 0.407 e. The Morgan fingerprint density at radius 3 is 2.50 bits per heavy atom. The minimum absolute atomic E-state index is 0.0584. The van der Waals surface area contributed by atoms with Gasteiger partial charge in [0.25, 0.3) is 10.0 Å². The highest BCUT2D eigenvalue weighted by Gasteiger charge is 2.30. The molecule has 11 heteroatoms. The quantitative estimate of drug-likeness (QED) is 0.521. The molecule has 0 unspecified atom stereocenters. The van der Waals surface area contributed by atoms with Crippen molar-refractivity contribution in [3.05, 3.63) is 65.6 Å². The summed E-state index contributed by atoms with van der Waals surface area (Å²) in [6.07, 6.45) is 3.78. The first-order valence-electron chi connectivity index (χ1n) is 9.56. The lowest BCUT2D eigenvalue weighted by Crippen LogP contribution is -2.36. The van der Waals surface area contributed by atoms with Crippen LogP contribution in [0.4, 0.5) is 9.18 Å². The average Bonchev–Trinajstić information content (AvgIpc) is 3.04. The van der Waals surface area contributed by atoms with Gasteiger partial charge in [-0.15, -0.1) is 0 Å². The van der Waals surface area contributed by atoms with E-state index in [0.717, 1.165) is 21.3 Å². The highest BCUT2D eigenvalue weighted by atomic mass is 35.5. The van der Waals surface area contributed by atoms with Gasteiger partial charge in [-0.25, -0.2) is 26.6 Å². The number of hydrogen-bond donors (Lipinski definition) is 1. The fraction of sp³-hybridized carbons (Fsp3) is 0.286. The summed E-state index contributed by atoms with van der Waals surface area (Å²) in [4.78, 5) is 20.4. The predicted octanol–water partition coefficient (Wildman–Crippen LogP) is 4.50. The van der Waals surface area contributed by atoms with Crippen LogP contribution in [0.25, 0.3) is 11.3 Å². The van der Waals surface area contributed by atoms with Crippen LogP contribution in [-0.4, -0.2) is 45.0 Å². The van der Waals surface area contributed by atoms with Gasteiger partial charge in [-0.1, -0.05) is 32.4 Å². The van der Waals surface area contributed by atoms with Crippen molar-refractivity contribution < 1.29 is 22.7 Å². The molecule has 0 spiro atoms. The van der Waals surface area contributed by atoms with Gasteiger partial charge in [0.15, 0.2) is 5.82 Å². The number of carboxylic acid groups (broad SMARTS) is 1. The number of pyridine rings is 2. The van der Waals surface area contributed by atoms with Gasteiger partial charge in [-0.2, -0.15) is 0 Å². The molecule has 0 atom stereocenters. The second-order valence-electron chi connectivity index (χ2n) is 8.35. The second kappa shape index (κ2) is 8.87. The number of hydrogen-bond acceptors (Lipinski definition) is 5. The molecule has 0 radical (unpaired) electrons. The zero-order chi connectivity index (χ0) is 23.7. The van der Waals surface area contributed by atoms with Crippen LogP contribution in [0.1, 0.15) is 26.3 Å². The highest BCUT2D eigenvalue weighted by molar-refractivity contribution is 7.90. The Kier molecular flexibility index (Phi) is 6.56. The van der Waals surface area contributed by atoms with Crippen LogP contribution < -0.4 is 0 Å². The van der Waals surface area contributed by atoms with Gasteiger partial charge >= 0.3 is 6.09 Å². The molecule has 3 aromatic rings. The summed E-state index contributed by atoms with van der Waals surface area (Å²) < 4.78 is 43.0. The van der Waals surface area contributed by atoms with E-state index in [-0.39, 0.29) is 40.0 Å². The Morgan fingerprint density at radius 1 is 1.25 bits per heavy atom. The summed E-state index contributed by atoms with van der Waals surface area (Å²) in [6, 6.07) is 5.71. The van der Waals surface area contributed by atoms with Crippen LogP contribution in [-0.2, 0) is 16.6 Å². The van der Waals surface area contributed by atoms with Crippen molar-refractivity contribution in [1.29, 1.82) is 0 Å². The lowest BCUT2D eigenvalue weighted by Gasteiger charge is -2.27. The maximum absolute atomic E-state index is 15.7. The first kappa shape index (κ1) is 23.7. The normalized spacial score (nSPS) is 12.0. The van der Waals surface area contributed by atoms with E-state index in [4.69, 9.17) is 11.6 Å². The van der Waals surface area contributed by atoms with Gasteiger partial charge in [-0.05, 0) is 29.7 Å². The zero-order valence-corrected chi connectivity index (χ0v) is 19.2. The van der Waals surface area contributed by atoms with E-state index in [2.05, 4.69) is 9.97 Å². The largest absolute Gasteiger partial charge is 0.465 e. The summed E-state index contributed by atoms with van der Waals surface area (Å²) in [5.41, 5.74) is -0.778. The fourth-order valence-corrected chi connectivity index (χ4v) is 4.76. The molecule has 0 aliphatic carbocycles. The number of aromatic nitrogens is 3. The summed E-state index contributed by atoms with van der Waals surface area (Å²) in [5, 5.41) is 9.51. The third kappa shape index (κ3) is 4.91. The Bertz CT molecular complexity index is 1240. The maximum atomic E-state index is 15.7. The van der Waals surface area contributed by atoms with Crippen molar-refractivity contribution in [3.8, 4) is 11.3 Å². The number of nitrogens with zero attached hydrogens (tertiary/aromatic N) is 4. The second-order valence-corrected chi connectivity index (χ2v) is 10.5. The SMILES string of the molecule is CC(C)(C)CN(Cc1cn(S(=O)(=O)c2cccnc2)c(-c2cccnc2Cl)c1F)C(=O)O. The Hall–Kier alpha value is -2.98. The molecule has 170 valence electrons. The van der Waals surface area contributed by atoms with Crippen molar-refractivity contribution in [2.24, 2.45) is 5.41 Å². The van der Waals surface area contributed by atoms with Crippen LogP contribution in [0.15, 0.2) is 53.9 Å². The molecular weight excluding hydrogens is 459 g/mol. The molecule has 0 aromatic carbocycles. The van der Waals surface area contributed by atoms with Crippen molar-refractivity contribution >= 4 is 27.7 Å². The van der Waals surface area contributed by atoms with Crippen LogP contribution >= 0.6 is 11.6 Å². The van der Waals surface area contributed by atoms with Gasteiger partial charge in [0, 0.05) is 42.5 Å². The summed E-state index contributed by atoms with van der Waals surface area (Å²) in [7, 11) is -4.27. The number of carbonyl (C=O) groups is 1. The minimum atomic E-state index is -4.27. The average molecular weight is 481 g/mol. The van der Waals surface area contributed by atoms with Crippen molar-refractivity contribution in [2.75, 3.05) is 6.54 Å². The molecule has 0 bridgehead atoms. The van der Waals surface area contributed by atoms with Gasteiger partial charge in [0.05, 0.1) is 6.54 Å². The van der Waals surface area contributed by atoms with Crippen molar-refractivity contribution in [2.45, 2.75) is 32.2 Å². The van der Waals surface area contributed by atoms with E-state index in [0.29, 0.717) is 0 Å². The van der Waals surface area contributed by atoms with E-state index >= 15 is 4.39 Å². The van der Waals surface area contributed by atoms with E-state index in [9.17, 15) is 18.3 Å². The molecule has 1 N–H and O–H groups in total. The van der Waals surface area contributed by atoms with E-state index in [1.54, 1.807) is 0 Å². The highest BCUT2D eigenvalue weighted by Crippen LogP contribution is 2.34. The molecule has 32 heavy (non-hydrogen) atoms. The van der Waals surface area contributed by atoms with Gasteiger partial charge < -0.3 is 10.0 Å². The van der Waals surface area contributed by atoms with Crippen LogP contribution in [0.5, 0.6) is 0 Å². The molecular formula is C21H22ClFN4O4S. The van der Waals surface area contributed by atoms with Crippen LogP contribution in [0, 0.1) is 11.2 Å². The summed E-state index contributed by atoms with van der Waals surface area (Å²) >= 11 is 6.15. The molecule has 1 amide bonds. The zero-order valence-electron chi connectivity index (χ0n) is 17.7. The van der Waals surface area contributed by atoms with E-state index < -0.39 is 27.3 Å². The first-order valence-corrected chi connectivity index (χ1v) is 11.4. The standard InChI is InChI=1S/C21H22ClFN4O4S/c1-21(2,3)13-26(20(28)29)11-14-12-27(32(30,31)15-6-4-8-24-10-15)18(17(14)23)16-7-5-9-25-19(16)22/h4-10,12H,11,13H2,1-3H3,(H,28,29). The monoisotopic (exact) mass is 480 g/mol. The third-order valence-electron chi connectivity index (χ3n) is 4.49. The molecule has 3 rings (SSSR count). The van der Waals surface area contributed by atoms with Gasteiger partial charge in [0.1, 0.15) is 15.7 Å². The summed E-state index contributed by atoms with van der Waals surface area (Å²) in [5.74, 6) is -0.896. The first-order chi connectivity index (χ1) is 14.9. The number of halogens is 2. The molecule has 0 fully saturated rings. The molecule has 0 saturated heterocycles. The van der Waals surface area contributed by atoms with E-state index in [1.165, 1.54) is 36.7 Å². The van der Waals surface area contributed by atoms with Gasteiger partial charge in [-0.3, -0.25) is 4.98 Å². The lowest BCUT2D eigenvalue weighted by molar-refractivity contribution is 0.122. The molecule has 8 nitrogen and oxygen atoms in total. The molecule has 0 aliphatic rings. The predicted molar refractivity (Wildman–Crippen MR) is 117 cm³/mol. The Balaban J connectivity index is 2.21. The van der Waals surface area contributed by atoms with Crippen LogP contribution in [0.3, 0.4) is 0 Å². The third-order valence-corrected chi connectivity index (χ3v) is 6.43. The number of rotatable bonds is 6. The van der Waals surface area contributed by atoms with Crippen molar-refractivity contribution in [1.82, 2.24) is 18.8 Å². The Morgan fingerprint density at radius 2 is 1.94 bits per heavy atom. The van der Waals surface area contributed by atoms with E-state index in [1.807, 2.05) is 20.8 Å². The Labute approximate surface area is 190 Å². The van der Waals surface area contributed by atoms with Crippen LogP contribution in [0.2, 0.25) is 5.15 Å². The summed E-state index contributed by atoms with van der Waals surface area (Å²) in [6.45, 7) is 5.30. The molecule has 0 aliphatic heterocycles. The molecule has 3 aromatic heterocycles. The lowest BCUT2D eigenvalue weighted by atomic mass is 9.96. The minimum Gasteiger partial charge on any atom is -0.465 e. The number of amides is 1. The topological polar surface area (TPSA) is 105 Å².